The van der Waals surface area contributed by atoms with Crippen LogP contribution in [0.1, 0.15) is 31.4 Å². The summed E-state index contributed by atoms with van der Waals surface area (Å²) in [7, 11) is 1.68. The average Bonchev–Trinajstić information content (AvgIpc) is 2.73. The predicted octanol–water partition coefficient (Wildman–Crippen LogP) is 4.49. The third kappa shape index (κ3) is 6.68. The van der Waals surface area contributed by atoms with Gasteiger partial charge in [0, 0.05) is 30.1 Å². The maximum absolute atomic E-state index is 13.0. The Morgan fingerprint density at radius 2 is 1.76 bits per heavy atom. The van der Waals surface area contributed by atoms with Crippen molar-refractivity contribution in [2.45, 2.75) is 27.2 Å². The molecule has 0 amide bonds. The van der Waals surface area contributed by atoms with Crippen molar-refractivity contribution in [1.82, 2.24) is 5.32 Å². The Morgan fingerprint density at radius 1 is 1.10 bits per heavy atom. The Labute approximate surface area is 171 Å². The number of carbonyl (C=O) groups excluding carboxylic acids is 1. The van der Waals surface area contributed by atoms with Crippen LogP contribution in [0.3, 0.4) is 0 Å². The lowest BCUT2D eigenvalue weighted by molar-refractivity contribution is -0.113. The van der Waals surface area contributed by atoms with E-state index in [1.165, 1.54) is 12.1 Å². The van der Waals surface area contributed by atoms with E-state index in [1.807, 2.05) is 45.0 Å². The number of amidine groups is 2. The van der Waals surface area contributed by atoms with Crippen LogP contribution in [0, 0.1) is 12.7 Å². The molecule has 5 nitrogen and oxygen atoms in total. The molecule has 0 aliphatic carbocycles. The minimum atomic E-state index is -0.289. The molecule has 0 bridgehead atoms. The summed E-state index contributed by atoms with van der Waals surface area (Å²) in [4.78, 5) is 20.9. The molecule has 152 valence electrons. The summed E-state index contributed by atoms with van der Waals surface area (Å²) < 4.78 is 13.0. The van der Waals surface area contributed by atoms with Crippen LogP contribution in [-0.2, 0) is 4.79 Å². The number of nitrogens with zero attached hydrogens (tertiary/aromatic N) is 2. The van der Waals surface area contributed by atoms with Gasteiger partial charge in [0.1, 0.15) is 11.7 Å². The minimum absolute atomic E-state index is 0.0252. The zero-order chi connectivity index (χ0) is 21.2. The van der Waals surface area contributed by atoms with E-state index in [0.717, 1.165) is 16.8 Å². The van der Waals surface area contributed by atoms with Crippen molar-refractivity contribution < 1.29 is 9.18 Å². The van der Waals surface area contributed by atoms with Gasteiger partial charge in [0.05, 0.1) is 13.0 Å². The number of allylic oxidation sites excluding steroid dienone is 1. The molecule has 0 unspecified atom stereocenters. The lowest BCUT2D eigenvalue weighted by atomic mass is 10.1. The summed E-state index contributed by atoms with van der Waals surface area (Å²) >= 11 is 0. The topological polar surface area (TPSA) is 65.8 Å². The van der Waals surface area contributed by atoms with Gasteiger partial charge in [-0.05, 0) is 31.2 Å². The van der Waals surface area contributed by atoms with E-state index in [1.54, 1.807) is 25.3 Å². The fourth-order valence-corrected chi connectivity index (χ4v) is 2.68. The molecule has 0 spiro atoms. The van der Waals surface area contributed by atoms with Crippen LogP contribution in [0.2, 0.25) is 0 Å². The predicted molar refractivity (Wildman–Crippen MR) is 118 cm³/mol. The van der Waals surface area contributed by atoms with Crippen molar-refractivity contribution in [3.63, 3.8) is 0 Å². The van der Waals surface area contributed by atoms with Crippen molar-refractivity contribution in [2.24, 2.45) is 9.98 Å². The molecule has 0 saturated carbocycles. The number of nitrogens with one attached hydrogen (secondary N) is 2. The summed E-state index contributed by atoms with van der Waals surface area (Å²) in [5.41, 5.74) is 3.52. The maximum Gasteiger partial charge on any atom is 0.164 e. The van der Waals surface area contributed by atoms with E-state index in [-0.39, 0.29) is 18.0 Å². The first-order valence-electron chi connectivity index (χ1n) is 9.65. The monoisotopic (exact) mass is 394 g/mol. The molecule has 0 saturated heterocycles. The number of benzene rings is 2. The van der Waals surface area contributed by atoms with Gasteiger partial charge in [0.15, 0.2) is 11.6 Å². The Balaban J connectivity index is 0.00000145. The number of hydrogen-bond acceptors (Lipinski definition) is 3. The summed E-state index contributed by atoms with van der Waals surface area (Å²) in [6, 6.07) is 14.0. The highest BCUT2D eigenvalue weighted by atomic mass is 19.1. The molecule has 0 radical (unpaired) electrons. The minimum Gasteiger partial charge on any atom is -0.379 e. The lowest BCUT2D eigenvalue weighted by Gasteiger charge is -2.18. The number of aryl methyl sites for hydroxylation is 1. The molecule has 0 atom stereocenters. The summed E-state index contributed by atoms with van der Waals surface area (Å²) in [6.45, 7) is 6.42. The van der Waals surface area contributed by atoms with Crippen LogP contribution in [0.4, 0.5) is 10.1 Å². The zero-order valence-corrected chi connectivity index (χ0v) is 17.3. The molecule has 6 heteroatoms. The zero-order valence-electron chi connectivity index (χ0n) is 17.3. The van der Waals surface area contributed by atoms with Gasteiger partial charge < -0.3 is 10.6 Å². The van der Waals surface area contributed by atoms with Crippen molar-refractivity contribution in [1.29, 1.82) is 0 Å². The Hall–Kier alpha value is -3.28. The van der Waals surface area contributed by atoms with E-state index in [4.69, 9.17) is 0 Å². The lowest BCUT2D eigenvalue weighted by Crippen LogP contribution is -2.34. The van der Waals surface area contributed by atoms with Crippen LogP contribution in [0.25, 0.3) is 0 Å². The second-order valence-corrected chi connectivity index (χ2v) is 6.27. The number of ketones is 1. The quantitative estimate of drug-likeness (QED) is 0.593. The molecular formula is C23H27FN4O. The first kappa shape index (κ1) is 22.0. The fraction of sp³-hybridized carbons (Fsp3) is 0.261. The second-order valence-electron chi connectivity index (χ2n) is 6.27. The molecule has 0 fully saturated rings. The highest BCUT2D eigenvalue weighted by Crippen LogP contribution is 2.11. The normalized spacial score (nSPS) is 15.2. The molecule has 2 N–H and O–H groups in total. The highest BCUT2D eigenvalue weighted by molar-refractivity contribution is 6.14. The third-order valence-corrected chi connectivity index (χ3v) is 4.07. The van der Waals surface area contributed by atoms with Gasteiger partial charge in [0.25, 0.3) is 0 Å². The molecule has 1 aliphatic rings. The van der Waals surface area contributed by atoms with Gasteiger partial charge in [0.2, 0.25) is 0 Å². The van der Waals surface area contributed by atoms with Crippen LogP contribution < -0.4 is 10.6 Å². The molecular weight excluding hydrogens is 367 g/mol. The van der Waals surface area contributed by atoms with Gasteiger partial charge in [-0.1, -0.05) is 43.7 Å². The first-order valence-corrected chi connectivity index (χ1v) is 9.65. The molecule has 2 aromatic rings. The summed E-state index contributed by atoms with van der Waals surface area (Å²) in [5.74, 6) is 0.808. The van der Waals surface area contributed by atoms with Gasteiger partial charge in [-0.3, -0.25) is 9.79 Å². The molecule has 3 rings (SSSR count). The van der Waals surface area contributed by atoms with E-state index < -0.39 is 0 Å². The van der Waals surface area contributed by atoms with Crippen LogP contribution in [-0.4, -0.2) is 31.0 Å². The Morgan fingerprint density at radius 3 is 2.38 bits per heavy atom. The number of hydrogen-bond donors (Lipinski definition) is 2. The van der Waals surface area contributed by atoms with E-state index in [9.17, 15) is 9.18 Å². The summed E-state index contributed by atoms with van der Waals surface area (Å²) in [5, 5.41) is 6.34. The number of rotatable bonds is 4. The first-order chi connectivity index (χ1) is 14.0. The molecule has 0 aromatic heterocycles. The largest absolute Gasteiger partial charge is 0.379 e. The number of carbonyl (C=O) groups is 1. The number of anilines is 1. The molecule has 1 aliphatic heterocycles. The SMILES string of the molecule is CC.CN=C(N=C1CC(=O)C=C(CNc2ccc(F)cc2)N1)c1ccc(C)cc1. The smallest absolute Gasteiger partial charge is 0.164 e. The standard InChI is InChI=1S/C21H21FN4O.C2H6/c1-14-3-5-15(6-4-14)21(23-2)26-20-12-19(27)11-18(25-20)13-24-17-9-7-16(22)8-10-17;1-2/h3-11,24H,12-13H2,1-2H3,(H,23,25,26);1-2H3. The van der Waals surface area contributed by atoms with Crippen molar-refractivity contribution >= 4 is 23.1 Å². The van der Waals surface area contributed by atoms with Crippen LogP contribution >= 0.6 is 0 Å². The molecule has 2 aromatic carbocycles. The van der Waals surface area contributed by atoms with Gasteiger partial charge in [-0.25, -0.2) is 9.38 Å². The van der Waals surface area contributed by atoms with E-state index in [2.05, 4.69) is 20.6 Å². The van der Waals surface area contributed by atoms with Crippen molar-refractivity contribution in [2.75, 3.05) is 18.9 Å². The second kappa shape index (κ2) is 10.9. The summed E-state index contributed by atoms with van der Waals surface area (Å²) in [6.07, 6.45) is 1.76. The molecule has 29 heavy (non-hydrogen) atoms. The van der Waals surface area contributed by atoms with Crippen molar-refractivity contribution in [3.05, 3.63) is 77.2 Å². The fourth-order valence-electron chi connectivity index (χ4n) is 2.68. The van der Waals surface area contributed by atoms with Gasteiger partial charge in [-0.2, -0.15) is 0 Å². The van der Waals surface area contributed by atoms with Crippen LogP contribution in [0.15, 0.2) is 70.3 Å². The average molecular weight is 394 g/mol. The van der Waals surface area contributed by atoms with E-state index >= 15 is 0 Å². The maximum atomic E-state index is 13.0. The Kier molecular flexibility index (Phi) is 8.27. The van der Waals surface area contributed by atoms with Gasteiger partial charge in [-0.15, -0.1) is 0 Å². The Bertz CT molecular complexity index is 913. The highest BCUT2D eigenvalue weighted by Gasteiger charge is 2.16. The molecule has 1 heterocycles. The van der Waals surface area contributed by atoms with Crippen molar-refractivity contribution in [3.8, 4) is 0 Å². The van der Waals surface area contributed by atoms with Crippen LogP contribution in [0.5, 0.6) is 0 Å². The van der Waals surface area contributed by atoms with Gasteiger partial charge >= 0.3 is 0 Å². The third-order valence-electron chi connectivity index (χ3n) is 4.07. The van der Waals surface area contributed by atoms with E-state index in [0.29, 0.717) is 23.9 Å². The number of aliphatic imine (C=N–C) groups is 2. The number of halogens is 1.